The Morgan fingerprint density at radius 3 is 2.80 bits per heavy atom. The topological polar surface area (TPSA) is 37.8 Å². The van der Waals surface area contributed by atoms with Crippen LogP contribution in [0.1, 0.15) is 11.3 Å². The van der Waals surface area contributed by atoms with Crippen molar-refractivity contribution in [3.8, 4) is 10.6 Å². The summed E-state index contributed by atoms with van der Waals surface area (Å²) in [4.78, 5) is 9.13. The Morgan fingerprint density at radius 1 is 1.12 bits per heavy atom. The molecule has 0 radical (unpaired) electrons. The molecular weight excluding hydrogens is 350 g/mol. The molecule has 124 valence electrons. The van der Waals surface area contributed by atoms with Crippen LogP contribution in [-0.4, -0.2) is 9.97 Å². The van der Waals surface area contributed by atoms with Gasteiger partial charge in [-0.25, -0.2) is 4.98 Å². The largest absolute Gasteiger partial charge is 0.379 e. The van der Waals surface area contributed by atoms with E-state index in [4.69, 9.17) is 16.6 Å². The van der Waals surface area contributed by atoms with Crippen LogP contribution in [0, 0.1) is 6.92 Å². The number of fused-ring (bicyclic) bond motifs is 1. The lowest BCUT2D eigenvalue weighted by molar-refractivity contribution is 1.08. The molecule has 2 heterocycles. The number of hydrogen-bond acceptors (Lipinski definition) is 4. The molecule has 4 rings (SSSR count). The molecule has 0 bridgehead atoms. The van der Waals surface area contributed by atoms with Crippen molar-refractivity contribution < 1.29 is 0 Å². The lowest BCUT2D eigenvalue weighted by Gasteiger charge is -2.09. The third kappa shape index (κ3) is 3.36. The van der Waals surface area contributed by atoms with Gasteiger partial charge >= 0.3 is 0 Å². The van der Waals surface area contributed by atoms with Crippen LogP contribution in [0.5, 0.6) is 0 Å². The maximum Gasteiger partial charge on any atom is 0.123 e. The Labute approximate surface area is 155 Å². The van der Waals surface area contributed by atoms with Crippen molar-refractivity contribution in [2.75, 3.05) is 5.32 Å². The SMILES string of the molecule is Cc1cc2c(NCc3csc(-c4ccccc4)n3)ccnc2cc1Cl. The number of pyridine rings is 1. The van der Waals surface area contributed by atoms with Gasteiger partial charge in [-0.1, -0.05) is 41.9 Å². The molecule has 0 unspecified atom stereocenters. The Hall–Kier alpha value is -2.43. The maximum absolute atomic E-state index is 6.20. The van der Waals surface area contributed by atoms with E-state index in [1.165, 1.54) is 0 Å². The molecule has 2 aromatic heterocycles. The first-order valence-electron chi connectivity index (χ1n) is 7.99. The van der Waals surface area contributed by atoms with Crippen molar-refractivity contribution in [1.82, 2.24) is 9.97 Å². The minimum atomic E-state index is 0.671. The Kier molecular flexibility index (Phi) is 4.38. The maximum atomic E-state index is 6.20. The molecule has 0 saturated carbocycles. The quantitative estimate of drug-likeness (QED) is 0.487. The molecule has 0 spiro atoms. The number of nitrogens with zero attached hydrogens (tertiary/aromatic N) is 2. The second-order valence-corrected chi connectivity index (χ2v) is 7.11. The van der Waals surface area contributed by atoms with E-state index in [0.717, 1.165) is 43.4 Å². The zero-order valence-corrected chi connectivity index (χ0v) is 15.2. The van der Waals surface area contributed by atoms with E-state index in [0.29, 0.717) is 6.54 Å². The van der Waals surface area contributed by atoms with Crippen molar-refractivity contribution in [3.63, 3.8) is 0 Å². The fraction of sp³-hybridized carbons (Fsp3) is 0.100. The molecule has 2 aromatic carbocycles. The van der Waals surface area contributed by atoms with Crippen molar-refractivity contribution >= 4 is 39.5 Å². The average Bonchev–Trinajstić information content (AvgIpc) is 3.11. The fourth-order valence-electron chi connectivity index (χ4n) is 2.72. The number of benzene rings is 2. The monoisotopic (exact) mass is 365 g/mol. The van der Waals surface area contributed by atoms with Crippen LogP contribution in [0.3, 0.4) is 0 Å². The zero-order chi connectivity index (χ0) is 17.2. The van der Waals surface area contributed by atoms with Gasteiger partial charge in [0.15, 0.2) is 0 Å². The predicted molar refractivity (Wildman–Crippen MR) is 106 cm³/mol. The highest BCUT2D eigenvalue weighted by molar-refractivity contribution is 7.13. The minimum absolute atomic E-state index is 0.671. The number of aromatic nitrogens is 2. The van der Waals surface area contributed by atoms with Crippen LogP contribution in [0.25, 0.3) is 21.5 Å². The van der Waals surface area contributed by atoms with E-state index >= 15 is 0 Å². The van der Waals surface area contributed by atoms with Gasteiger partial charge in [-0.15, -0.1) is 11.3 Å². The predicted octanol–water partition coefficient (Wildman–Crippen LogP) is 5.93. The molecule has 0 fully saturated rings. The van der Waals surface area contributed by atoms with Crippen molar-refractivity contribution in [2.45, 2.75) is 13.5 Å². The van der Waals surface area contributed by atoms with Crippen molar-refractivity contribution in [2.24, 2.45) is 0 Å². The number of thiazole rings is 1. The highest BCUT2D eigenvalue weighted by Gasteiger charge is 2.07. The third-order valence-corrected chi connectivity index (χ3v) is 5.40. The molecule has 0 aliphatic rings. The Bertz CT molecular complexity index is 1030. The summed E-state index contributed by atoms with van der Waals surface area (Å²) in [5.74, 6) is 0. The summed E-state index contributed by atoms with van der Waals surface area (Å²) in [6.45, 7) is 2.68. The molecule has 0 aliphatic carbocycles. The van der Waals surface area contributed by atoms with Gasteiger partial charge in [0.2, 0.25) is 0 Å². The second kappa shape index (κ2) is 6.82. The van der Waals surface area contributed by atoms with E-state index in [9.17, 15) is 0 Å². The van der Waals surface area contributed by atoms with Crippen LogP contribution in [-0.2, 0) is 6.54 Å². The van der Waals surface area contributed by atoms with E-state index < -0.39 is 0 Å². The van der Waals surface area contributed by atoms with E-state index in [1.54, 1.807) is 17.5 Å². The smallest absolute Gasteiger partial charge is 0.123 e. The first-order valence-corrected chi connectivity index (χ1v) is 9.25. The van der Waals surface area contributed by atoms with Gasteiger partial charge < -0.3 is 5.32 Å². The summed E-state index contributed by atoms with van der Waals surface area (Å²) >= 11 is 7.87. The lowest BCUT2D eigenvalue weighted by atomic mass is 10.1. The summed E-state index contributed by atoms with van der Waals surface area (Å²) in [6, 6.07) is 16.2. The zero-order valence-electron chi connectivity index (χ0n) is 13.7. The van der Waals surface area contributed by atoms with E-state index in [-0.39, 0.29) is 0 Å². The normalized spacial score (nSPS) is 11.0. The van der Waals surface area contributed by atoms with E-state index in [1.807, 2.05) is 37.3 Å². The number of anilines is 1. The molecule has 3 nitrogen and oxygen atoms in total. The summed E-state index contributed by atoms with van der Waals surface area (Å²) in [7, 11) is 0. The Balaban J connectivity index is 1.57. The van der Waals surface area contributed by atoms with Gasteiger partial charge in [-0.2, -0.15) is 0 Å². The minimum Gasteiger partial charge on any atom is -0.379 e. The van der Waals surface area contributed by atoms with Crippen LogP contribution >= 0.6 is 22.9 Å². The molecule has 25 heavy (non-hydrogen) atoms. The Morgan fingerprint density at radius 2 is 1.96 bits per heavy atom. The first kappa shape index (κ1) is 16.1. The van der Waals surface area contributed by atoms with Crippen LogP contribution < -0.4 is 5.32 Å². The number of aryl methyl sites for hydroxylation is 1. The molecular formula is C20H16ClN3S. The number of halogens is 1. The molecule has 5 heteroatoms. The third-order valence-electron chi connectivity index (χ3n) is 4.05. The number of rotatable bonds is 4. The van der Waals surface area contributed by atoms with E-state index in [2.05, 4.69) is 33.9 Å². The average molecular weight is 366 g/mol. The fourth-order valence-corrected chi connectivity index (χ4v) is 3.70. The van der Waals surface area contributed by atoms with Crippen LogP contribution in [0.2, 0.25) is 5.02 Å². The van der Waals surface area contributed by atoms with Crippen LogP contribution in [0.15, 0.2) is 60.1 Å². The summed E-state index contributed by atoms with van der Waals surface area (Å²) in [6.07, 6.45) is 1.80. The molecule has 0 saturated heterocycles. The van der Waals surface area contributed by atoms with Crippen molar-refractivity contribution in [1.29, 1.82) is 0 Å². The summed E-state index contributed by atoms with van der Waals surface area (Å²) < 4.78 is 0. The van der Waals surface area contributed by atoms with Gasteiger partial charge in [-0.3, -0.25) is 4.98 Å². The molecule has 0 amide bonds. The van der Waals surface area contributed by atoms with Gasteiger partial charge in [0.05, 0.1) is 17.8 Å². The van der Waals surface area contributed by atoms with Gasteiger partial charge in [0, 0.05) is 33.2 Å². The first-order chi connectivity index (χ1) is 12.2. The molecule has 0 atom stereocenters. The molecule has 1 N–H and O–H groups in total. The lowest BCUT2D eigenvalue weighted by Crippen LogP contribution is -2.01. The van der Waals surface area contributed by atoms with Gasteiger partial charge in [0.1, 0.15) is 5.01 Å². The second-order valence-electron chi connectivity index (χ2n) is 5.84. The molecule has 0 aliphatic heterocycles. The highest BCUT2D eigenvalue weighted by Crippen LogP contribution is 2.28. The number of hydrogen-bond donors (Lipinski definition) is 1. The van der Waals surface area contributed by atoms with Gasteiger partial charge in [0.25, 0.3) is 0 Å². The standard InChI is InChI=1S/C20H16ClN3S/c1-13-9-16-18(7-8-22-19(16)10-17(13)21)23-11-15-12-25-20(24-15)14-5-3-2-4-6-14/h2-10,12H,11H2,1H3,(H,22,23). The summed E-state index contributed by atoms with van der Waals surface area (Å²) in [5, 5.41) is 8.43. The molecule has 4 aromatic rings. The van der Waals surface area contributed by atoms with Crippen LogP contribution in [0.4, 0.5) is 5.69 Å². The van der Waals surface area contributed by atoms with Gasteiger partial charge in [-0.05, 0) is 30.7 Å². The highest BCUT2D eigenvalue weighted by atomic mass is 35.5. The van der Waals surface area contributed by atoms with Crippen molar-refractivity contribution in [3.05, 3.63) is 76.4 Å². The summed E-state index contributed by atoms with van der Waals surface area (Å²) in [5.41, 5.74) is 5.16. The number of nitrogens with one attached hydrogen (secondary N) is 1.